The number of benzene rings is 1. The fourth-order valence-electron chi connectivity index (χ4n) is 1.01. The summed E-state index contributed by atoms with van der Waals surface area (Å²) in [6.45, 7) is 4.05. The van der Waals surface area contributed by atoms with Crippen molar-refractivity contribution in [2.24, 2.45) is 0 Å². The van der Waals surface area contributed by atoms with Crippen molar-refractivity contribution in [1.29, 1.82) is 0 Å². The molecule has 15 heavy (non-hydrogen) atoms. The number of hydrogen-bond donors (Lipinski definition) is 2. The monoisotopic (exact) mass is 306 g/mol. The van der Waals surface area contributed by atoms with Crippen LogP contribution in [0.4, 0.5) is 5.69 Å². The second-order valence-corrected chi connectivity index (χ2v) is 5.11. The van der Waals surface area contributed by atoms with Crippen molar-refractivity contribution in [2.45, 2.75) is 19.9 Å². The maximum Gasteiger partial charge on any atom is 0.171 e. The van der Waals surface area contributed by atoms with Crippen LogP contribution in [-0.4, -0.2) is 11.2 Å². The second kappa shape index (κ2) is 5.68. The molecule has 0 unspecified atom stereocenters. The minimum Gasteiger partial charge on any atom is -0.360 e. The largest absolute Gasteiger partial charge is 0.360 e. The SMILES string of the molecule is CC(C)NC(=S)Nc1cc(Br)ccc1Cl. The molecule has 0 saturated carbocycles. The third kappa shape index (κ3) is 4.36. The van der Waals surface area contributed by atoms with E-state index in [1.807, 2.05) is 32.0 Å². The van der Waals surface area contributed by atoms with Crippen LogP contribution in [0.5, 0.6) is 0 Å². The van der Waals surface area contributed by atoms with Crippen LogP contribution in [0, 0.1) is 0 Å². The average molecular weight is 308 g/mol. The van der Waals surface area contributed by atoms with Crippen LogP contribution in [-0.2, 0) is 0 Å². The van der Waals surface area contributed by atoms with E-state index in [4.69, 9.17) is 23.8 Å². The molecule has 2 N–H and O–H groups in total. The highest BCUT2D eigenvalue weighted by Gasteiger charge is 2.03. The van der Waals surface area contributed by atoms with Crippen LogP contribution in [0.3, 0.4) is 0 Å². The molecule has 0 aliphatic carbocycles. The second-order valence-electron chi connectivity index (χ2n) is 3.38. The van der Waals surface area contributed by atoms with Crippen molar-refractivity contribution >= 4 is 50.5 Å². The molecule has 1 aromatic carbocycles. The van der Waals surface area contributed by atoms with E-state index < -0.39 is 0 Å². The highest BCUT2D eigenvalue weighted by atomic mass is 79.9. The molecule has 0 amide bonds. The lowest BCUT2D eigenvalue weighted by Crippen LogP contribution is -2.33. The van der Waals surface area contributed by atoms with Crippen LogP contribution < -0.4 is 10.6 Å². The van der Waals surface area contributed by atoms with Crippen LogP contribution in [0.1, 0.15) is 13.8 Å². The Balaban J connectivity index is 2.71. The van der Waals surface area contributed by atoms with Gasteiger partial charge in [-0.1, -0.05) is 27.5 Å². The predicted octanol–water partition coefficient (Wildman–Crippen LogP) is 3.80. The van der Waals surface area contributed by atoms with Crippen LogP contribution >= 0.6 is 39.7 Å². The first-order valence-electron chi connectivity index (χ1n) is 4.51. The number of hydrogen-bond acceptors (Lipinski definition) is 1. The summed E-state index contributed by atoms with van der Waals surface area (Å²) in [4.78, 5) is 0. The van der Waals surface area contributed by atoms with E-state index in [1.165, 1.54) is 0 Å². The molecule has 82 valence electrons. The van der Waals surface area contributed by atoms with Gasteiger partial charge in [-0.2, -0.15) is 0 Å². The molecule has 0 spiro atoms. The predicted molar refractivity (Wildman–Crippen MR) is 73.6 cm³/mol. The van der Waals surface area contributed by atoms with Gasteiger partial charge in [-0.25, -0.2) is 0 Å². The Morgan fingerprint density at radius 3 is 2.73 bits per heavy atom. The zero-order chi connectivity index (χ0) is 11.4. The van der Waals surface area contributed by atoms with E-state index in [0.717, 1.165) is 10.2 Å². The van der Waals surface area contributed by atoms with Crippen molar-refractivity contribution in [2.75, 3.05) is 5.32 Å². The van der Waals surface area contributed by atoms with Gasteiger partial charge in [-0.05, 0) is 44.3 Å². The summed E-state index contributed by atoms with van der Waals surface area (Å²) < 4.78 is 0.960. The van der Waals surface area contributed by atoms with Gasteiger partial charge in [0.1, 0.15) is 0 Å². The molecule has 0 aliphatic heterocycles. The first-order chi connectivity index (χ1) is 6.99. The molecule has 5 heteroatoms. The van der Waals surface area contributed by atoms with Crippen LogP contribution in [0.15, 0.2) is 22.7 Å². The molecular formula is C10H12BrClN2S. The Labute approximate surface area is 109 Å². The summed E-state index contributed by atoms with van der Waals surface area (Å²) in [5.41, 5.74) is 0.796. The standard InChI is InChI=1S/C10H12BrClN2S/c1-6(2)13-10(15)14-9-5-7(11)3-4-8(9)12/h3-6H,1-2H3,(H2,13,14,15). The van der Waals surface area contributed by atoms with E-state index in [2.05, 4.69) is 26.6 Å². The Hall–Kier alpha value is -0.320. The smallest absolute Gasteiger partial charge is 0.171 e. The summed E-state index contributed by atoms with van der Waals surface area (Å²) in [6.07, 6.45) is 0. The number of halogens is 2. The van der Waals surface area contributed by atoms with Gasteiger partial charge in [-0.15, -0.1) is 0 Å². The van der Waals surface area contributed by atoms with Crippen molar-refractivity contribution in [3.8, 4) is 0 Å². The minimum absolute atomic E-state index is 0.302. The van der Waals surface area contributed by atoms with E-state index in [-0.39, 0.29) is 0 Å². The number of nitrogens with one attached hydrogen (secondary N) is 2. The normalized spacial score (nSPS) is 10.2. The molecule has 0 atom stereocenters. The number of anilines is 1. The zero-order valence-corrected chi connectivity index (χ0v) is 11.6. The third-order valence-electron chi connectivity index (χ3n) is 1.60. The first kappa shape index (κ1) is 12.7. The van der Waals surface area contributed by atoms with Gasteiger partial charge in [0.05, 0.1) is 10.7 Å². The number of thiocarbonyl (C=S) groups is 1. The Bertz CT molecular complexity index is 368. The van der Waals surface area contributed by atoms with E-state index in [1.54, 1.807) is 0 Å². The van der Waals surface area contributed by atoms with E-state index in [0.29, 0.717) is 16.2 Å². The van der Waals surface area contributed by atoms with Gasteiger partial charge in [0.15, 0.2) is 5.11 Å². The lowest BCUT2D eigenvalue weighted by molar-refractivity contribution is 0.739. The summed E-state index contributed by atoms with van der Waals surface area (Å²) in [5, 5.41) is 7.34. The highest BCUT2D eigenvalue weighted by molar-refractivity contribution is 9.10. The summed E-state index contributed by atoms with van der Waals surface area (Å²) in [7, 11) is 0. The van der Waals surface area contributed by atoms with Crippen molar-refractivity contribution in [1.82, 2.24) is 5.32 Å². The maximum absolute atomic E-state index is 6.01. The quantitative estimate of drug-likeness (QED) is 0.813. The molecule has 1 rings (SSSR count). The molecule has 0 fully saturated rings. The van der Waals surface area contributed by atoms with Gasteiger partial charge in [0.2, 0.25) is 0 Å². The molecule has 0 aliphatic rings. The number of rotatable bonds is 2. The average Bonchev–Trinajstić information content (AvgIpc) is 2.10. The Morgan fingerprint density at radius 1 is 1.47 bits per heavy atom. The minimum atomic E-state index is 0.302. The van der Waals surface area contributed by atoms with Gasteiger partial charge < -0.3 is 10.6 Å². The van der Waals surface area contributed by atoms with Gasteiger partial charge in [0.25, 0.3) is 0 Å². The molecule has 0 saturated heterocycles. The fourth-order valence-corrected chi connectivity index (χ4v) is 1.89. The molecule has 0 heterocycles. The van der Waals surface area contributed by atoms with Crippen molar-refractivity contribution in [3.05, 3.63) is 27.7 Å². The van der Waals surface area contributed by atoms with Crippen molar-refractivity contribution in [3.63, 3.8) is 0 Å². The molecular weight excluding hydrogens is 296 g/mol. The third-order valence-corrected chi connectivity index (χ3v) is 2.64. The highest BCUT2D eigenvalue weighted by Crippen LogP contribution is 2.25. The lowest BCUT2D eigenvalue weighted by Gasteiger charge is -2.14. The molecule has 0 radical (unpaired) electrons. The molecule has 1 aromatic rings. The first-order valence-corrected chi connectivity index (χ1v) is 6.09. The van der Waals surface area contributed by atoms with Gasteiger partial charge >= 0.3 is 0 Å². The molecule has 0 bridgehead atoms. The van der Waals surface area contributed by atoms with Crippen LogP contribution in [0.25, 0.3) is 0 Å². The fraction of sp³-hybridized carbons (Fsp3) is 0.300. The topological polar surface area (TPSA) is 24.1 Å². The molecule has 2 nitrogen and oxygen atoms in total. The Morgan fingerprint density at radius 2 is 2.13 bits per heavy atom. The van der Waals surface area contributed by atoms with Gasteiger partial charge in [0, 0.05) is 10.5 Å². The lowest BCUT2D eigenvalue weighted by atomic mass is 10.3. The van der Waals surface area contributed by atoms with E-state index in [9.17, 15) is 0 Å². The van der Waals surface area contributed by atoms with Crippen LogP contribution in [0.2, 0.25) is 5.02 Å². The molecule has 0 aromatic heterocycles. The van der Waals surface area contributed by atoms with E-state index >= 15 is 0 Å². The zero-order valence-electron chi connectivity index (χ0n) is 8.47. The summed E-state index contributed by atoms with van der Waals surface area (Å²) in [5.74, 6) is 0. The Kier molecular flexibility index (Phi) is 4.83. The van der Waals surface area contributed by atoms with Crippen molar-refractivity contribution < 1.29 is 0 Å². The summed E-state index contributed by atoms with van der Waals surface area (Å²) >= 11 is 14.5. The van der Waals surface area contributed by atoms with Gasteiger partial charge in [-0.3, -0.25) is 0 Å². The summed E-state index contributed by atoms with van der Waals surface area (Å²) in [6, 6.07) is 5.88. The maximum atomic E-state index is 6.01.